The summed E-state index contributed by atoms with van der Waals surface area (Å²) in [6.07, 6.45) is 2.21. The van der Waals surface area contributed by atoms with Crippen LogP contribution in [0.5, 0.6) is 5.75 Å². The zero-order valence-corrected chi connectivity index (χ0v) is 17.5. The molecule has 1 aromatic rings. The third-order valence-corrected chi connectivity index (χ3v) is 5.80. The van der Waals surface area contributed by atoms with E-state index in [-0.39, 0.29) is 41.6 Å². The van der Waals surface area contributed by atoms with Crippen molar-refractivity contribution in [1.82, 2.24) is 9.62 Å². The molecular weight excluding hydrogens is 394 g/mol. The Bertz CT molecular complexity index is 721. The van der Waals surface area contributed by atoms with Gasteiger partial charge in [0.25, 0.3) is 0 Å². The van der Waals surface area contributed by atoms with Crippen LogP contribution in [0.25, 0.3) is 0 Å². The van der Waals surface area contributed by atoms with Crippen molar-refractivity contribution in [2.45, 2.75) is 30.8 Å². The van der Waals surface area contributed by atoms with Crippen molar-refractivity contribution < 1.29 is 22.7 Å². The molecule has 8 nitrogen and oxygen atoms in total. The average Bonchev–Trinajstić information content (AvgIpc) is 3.09. The SMILES string of the molecule is CCOc1ccc(NC(=O)CNCC2CCCO2)cc1S(=O)(=O)N(C)C.Cl. The number of anilines is 1. The summed E-state index contributed by atoms with van der Waals surface area (Å²) in [5, 5.41) is 5.76. The van der Waals surface area contributed by atoms with Crippen molar-refractivity contribution in [3.8, 4) is 5.75 Å². The fourth-order valence-electron chi connectivity index (χ4n) is 2.62. The van der Waals surface area contributed by atoms with E-state index in [1.807, 2.05) is 0 Å². The number of carbonyl (C=O) groups is 1. The maximum atomic E-state index is 12.5. The molecule has 0 spiro atoms. The summed E-state index contributed by atoms with van der Waals surface area (Å²) < 4.78 is 37.0. The molecule has 1 aromatic carbocycles. The van der Waals surface area contributed by atoms with E-state index >= 15 is 0 Å². The van der Waals surface area contributed by atoms with Gasteiger partial charge >= 0.3 is 0 Å². The van der Waals surface area contributed by atoms with E-state index in [0.29, 0.717) is 18.8 Å². The maximum absolute atomic E-state index is 12.5. The Labute approximate surface area is 167 Å². The van der Waals surface area contributed by atoms with E-state index in [4.69, 9.17) is 9.47 Å². The number of nitrogens with zero attached hydrogens (tertiary/aromatic N) is 1. The molecule has 0 radical (unpaired) electrons. The number of amides is 1. The van der Waals surface area contributed by atoms with E-state index in [9.17, 15) is 13.2 Å². The predicted octanol–water partition coefficient (Wildman–Crippen LogP) is 1.46. The van der Waals surface area contributed by atoms with Crippen molar-refractivity contribution >= 4 is 34.0 Å². The van der Waals surface area contributed by atoms with Crippen molar-refractivity contribution in [3.05, 3.63) is 18.2 Å². The minimum absolute atomic E-state index is 0. The summed E-state index contributed by atoms with van der Waals surface area (Å²) in [4.78, 5) is 12.1. The number of hydrogen-bond donors (Lipinski definition) is 2. The Balaban J connectivity index is 0.00000364. The molecule has 1 atom stereocenters. The molecule has 154 valence electrons. The van der Waals surface area contributed by atoms with Crippen molar-refractivity contribution in [2.24, 2.45) is 0 Å². The molecule has 1 aliphatic heterocycles. The quantitative estimate of drug-likeness (QED) is 0.626. The summed E-state index contributed by atoms with van der Waals surface area (Å²) in [7, 11) is -0.792. The van der Waals surface area contributed by atoms with E-state index in [2.05, 4.69) is 10.6 Å². The molecule has 0 bridgehead atoms. The third-order valence-electron chi connectivity index (χ3n) is 3.97. The van der Waals surface area contributed by atoms with Crippen LogP contribution in [0.4, 0.5) is 5.69 Å². The number of hydrogen-bond acceptors (Lipinski definition) is 6. The van der Waals surface area contributed by atoms with Crippen LogP contribution >= 0.6 is 12.4 Å². The topological polar surface area (TPSA) is 97.0 Å². The molecule has 1 heterocycles. The third kappa shape index (κ3) is 6.62. The summed E-state index contributed by atoms with van der Waals surface area (Å²) >= 11 is 0. The first-order chi connectivity index (χ1) is 12.3. The van der Waals surface area contributed by atoms with E-state index in [0.717, 1.165) is 23.8 Å². The standard InChI is InChI=1S/C17H27N3O5S.ClH/c1-4-24-15-8-7-13(10-16(15)26(22,23)20(2)3)19-17(21)12-18-11-14-6-5-9-25-14;/h7-8,10,14,18H,4-6,9,11-12H2,1-3H3,(H,19,21);1H. The van der Waals surface area contributed by atoms with Crippen LogP contribution in [-0.4, -0.2) is 65.1 Å². The van der Waals surface area contributed by atoms with Gasteiger partial charge in [-0.2, -0.15) is 0 Å². The summed E-state index contributed by atoms with van der Waals surface area (Å²) in [5.41, 5.74) is 0.401. The van der Waals surface area contributed by atoms with E-state index < -0.39 is 10.0 Å². The normalized spacial score (nSPS) is 16.8. The number of halogens is 1. The Hall–Kier alpha value is -1.39. The fourth-order valence-corrected chi connectivity index (χ4v) is 3.67. The molecule has 10 heteroatoms. The molecule has 0 aliphatic carbocycles. The van der Waals surface area contributed by atoms with Gasteiger partial charge in [0.15, 0.2) is 0 Å². The highest BCUT2D eigenvalue weighted by Gasteiger charge is 2.23. The maximum Gasteiger partial charge on any atom is 0.246 e. The van der Waals surface area contributed by atoms with Gasteiger partial charge in [0, 0.05) is 32.9 Å². The number of benzene rings is 1. The summed E-state index contributed by atoms with van der Waals surface area (Å²) in [6.45, 7) is 3.64. The highest BCUT2D eigenvalue weighted by atomic mass is 35.5. The molecule has 1 unspecified atom stereocenters. The molecule has 0 aromatic heterocycles. The fraction of sp³-hybridized carbons (Fsp3) is 0.588. The van der Waals surface area contributed by atoms with Gasteiger partial charge in [-0.15, -0.1) is 12.4 Å². The molecule has 0 saturated carbocycles. The first-order valence-electron chi connectivity index (χ1n) is 8.66. The zero-order chi connectivity index (χ0) is 19.2. The van der Waals surface area contributed by atoms with Gasteiger partial charge in [-0.25, -0.2) is 12.7 Å². The molecule has 27 heavy (non-hydrogen) atoms. The number of rotatable bonds is 9. The van der Waals surface area contributed by atoms with Crippen LogP contribution in [0.3, 0.4) is 0 Å². The Morgan fingerprint density at radius 1 is 1.37 bits per heavy atom. The average molecular weight is 422 g/mol. The highest BCUT2D eigenvalue weighted by molar-refractivity contribution is 7.89. The molecule has 2 N–H and O–H groups in total. The van der Waals surface area contributed by atoms with Gasteiger partial charge in [0.1, 0.15) is 10.6 Å². The van der Waals surface area contributed by atoms with Gasteiger partial charge in [0.2, 0.25) is 15.9 Å². The number of ether oxygens (including phenoxy) is 2. The second-order valence-electron chi connectivity index (χ2n) is 6.20. The Morgan fingerprint density at radius 3 is 2.70 bits per heavy atom. The van der Waals surface area contributed by atoms with Crippen LogP contribution in [0.15, 0.2) is 23.1 Å². The van der Waals surface area contributed by atoms with Gasteiger partial charge in [-0.05, 0) is 38.0 Å². The first kappa shape index (κ1) is 23.6. The first-order valence-corrected chi connectivity index (χ1v) is 10.1. The number of nitrogens with one attached hydrogen (secondary N) is 2. The zero-order valence-electron chi connectivity index (χ0n) is 15.9. The van der Waals surface area contributed by atoms with Gasteiger partial charge < -0.3 is 20.1 Å². The summed E-state index contributed by atoms with van der Waals surface area (Å²) in [5.74, 6) is 0.0102. The van der Waals surface area contributed by atoms with E-state index in [1.165, 1.54) is 20.2 Å². The predicted molar refractivity (Wildman–Crippen MR) is 106 cm³/mol. The Kier molecular flexibility index (Phi) is 9.48. The molecule has 1 saturated heterocycles. The smallest absolute Gasteiger partial charge is 0.246 e. The van der Waals surface area contributed by atoms with Gasteiger partial charge in [-0.3, -0.25) is 4.79 Å². The lowest BCUT2D eigenvalue weighted by molar-refractivity contribution is -0.115. The van der Waals surface area contributed by atoms with Crippen LogP contribution in [0.1, 0.15) is 19.8 Å². The van der Waals surface area contributed by atoms with Crippen LogP contribution in [-0.2, 0) is 19.6 Å². The number of carbonyl (C=O) groups excluding carboxylic acids is 1. The van der Waals surface area contributed by atoms with E-state index in [1.54, 1.807) is 19.1 Å². The highest BCUT2D eigenvalue weighted by Crippen LogP contribution is 2.29. The molecule has 1 fully saturated rings. The van der Waals surface area contributed by atoms with Gasteiger partial charge in [-0.1, -0.05) is 0 Å². The lowest BCUT2D eigenvalue weighted by Gasteiger charge is -2.17. The van der Waals surface area contributed by atoms with Crippen molar-refractivity contribution in [2.75, 3.05) is 45.7 Å². The van der Waals surface area contributed by atoms with Crippen molar-refractivity contribution in [1.29, 1.82) is 0 Å². The lowest BCUT2D eigenvalue weighted by atomic mass is 10.2. The molecular formula is C17H28ClN3O5S. The largest absolute Gasteiger partial charge is 0.492 e. The monoisotopic (exact) mass is 421 g/mol. The van der Waals surface area contributed by atoms with Crippen LogP contribution < -0.4 is 15.4 Å². The second kappa shape index (κ2) is 10.8. The Morgan fingerprint density at radius 2 is 2.11 bits per heavy atom. The molecule has 2 rings (SSSR count). The number of sulfonamides is 1. The van der Waals surface area contributed by atoms with Crippen LogP contribution in [0.2, 0.25) is 0 Å². The van der Waals surface area contributed by atoms with Gasteiger partial charge in [0.05, 0.1) is 19.3 Å². The minimum Gasteiger partial charge on any atom is -0.492 e. The van der Waals surface area contributed by atoms with Crippen LogP contribution in [0, 0.1) is 0 Å². The summed E-state index contributed by atoms with van der Waals surface area (Å²) in [6, 6.07) is 4.59. The second-order valence-corrected chi connectivity index (χ2v) is 8.32. The van der Waals surface area contributed by atoms with Crippen molar-refractivity contribution in [3.63, 3.8) is 0 Å². The minimum atomic E-state index is -3.69. The molecule has 1 aliphatic rings. The lowest BCUT2D eigenvalue weighted by Crippen LogP contribution is -2.33. The molecule has 1 amide bonds.